The van der Waals surface area contributed by atoms with Crippen LogP contribution in [0.4, 0.5) is 9.59 Å². The summed E-state index contributed by atoms with van der Waals surface area (Å²) in [5, 5.41) is 0. The fraction of sp³-hybridized carbons (Fsp3) is 0.450. The molecular weight excluding hydrogens is 630 g/mol. The van der Waals surface area contributed by atoms with Crippen LogP contribution < -0.4 is 0 Å². The molecule has 10 nitrogen and oxygen atoms in total. The third-order valence-corrected chi connectivity index (χ3v) is 9.34. The molecule has 4 atom stereocenters. The molecule has 2 aliphatic rings. The van der Waals surface area contributed by atoms with Crippen molar-refractivity contribution in [3.05, 3.63) is 72.4 Å². The Kier molecular flexibility index (Phi) is 8.39. The number of carbonyl (C=O) groups excluding carboxylic acids is 2. The fourth-order valence-corrected chi connectivity index (χ4v) is 7.11. The van der Waals surface area contributed by atoms with Crippen molar-refractivity contribution in [3.63, 3.8) is 0 Å². The van der Waals surface area contributed by atoms with Crippen LogP contribution in [0.15, 0.2) is 65.1 Å². The number of aromatic amines is 1. The Hall–Kier alpha value is -4.86. The highest BCUT2D eigenvalue weighted by molar-refractivity contribution is 5.84. The lowest BCUT2D eigenvalue weighted by Gasteiger charge is -2.27. The van der Waals surface area contributed by atoms with E-state index in [1.54, 1.807) is 9.80 Å². The van der Waals surface area contributed by atoms with Gasteiger partial charge in [0.05, 0.1) is 17.1 Å². The number of nitrogens with zero attached hydrogens (tertiary/aromatic N) is 4. The predicted molar refractivity (Wildman–Crippen MR) is 193 cm³/mol. The van der Waals surface area contributed by atoms with E-state index in [2.05, 4.69) is 61.3 Å². The highest BCUT2D eigenvalue weighted by atomic mass is 16.6. The minimum Gasteiger partial charge on any atom is -0.444 e. The molecule has 0 spiro atoms. The summed E-state index contributed by atoms with van der Waals surface area (Å²) < 4.78 is 17.7. The molecule has 10 heteroatoms. The zero-order valence-electron chi connectivity index (χ0n) is 30.2. The number of ether oxygens (including phenoxy) is 2. The van der Waals surface area contributed by atoms with Gasteiger partial charge in [-0.3, -0.25) is 9.80 Å². The van der Waals surface area contributed by atoms with Gasteiger partial charge in [-0.2, -0.15) is 0 Å². The molecule has 0 bridgehead atoms. The SMILES string of the molecule is C[C@H]1CC(c2nc3cc(-c4ccc(-c5ccc6nc(C7C[C@H](C)CN7C(=O)OC(C)(C)C)oc6c5)cc4)ccc3[nH]2)N(C(=O)OC(C)(C)C)C1. The lowest BCUT2D eigenvalue weighted by Crippen LogP contribution is -2.37. The number of nitrogens with one attached hydrogen (secondary N) is 1. The Morgan fingerprint density at radius 1 is 0.700 bits per heavy atom. The second-order valence-electron chi connectivity index (χ2n) is 16.1. The molecule has 0 saturated carbocycles. The van der Waals surface area contributed by atoms with Crippen molar-refractivity contribution in [2.75, 3.05) is 13.1 Å². The topological polar surface area (TPSA) is 114 Å². The van der Waals surface area contributed by atoms with Gasteiger partial charge in [-0.05, 0) is 113 Å². The number of benzene rings is 3. The van der Waals surface area contributed by atoms with E-state index in [-0.39, 0.29) is 24.3 Å². The lowest BCUT2D eigenvalue weighted by molar-refractivity contribution is 0.0196. The minimum atomic E-state index is -0.574. The van der Waals surface area contributed by atoms with Crippen LogP contribution in [-0.4, -0.2) is 61.2 Å². The molecule has 2 aromatic heterocycles. The van der Waals surface area contributed by atoms with Crippen LogP contribution in [0.2, 0.25) is 0 Å². The first-order valence-electron chi connectivity index (χ1n) is 17.6. The highest BCUT2D eigenvalue weighted by Gasteiger charge is 2.40. The van der Waals surface area contributed by atoms with Gasteiger partial charge in [-0.25, -0.2) is 19.6 Å². The summed E-state index contributed by atoms with van der Waals surface area (Å²) in [6.45, 7) is 16.8. The monoisotopic (exact) mass is 677 g/mol. The maximum atomic E-state index is 13.0. The van der Waals surface area contributed by atoms with Crippen LogP contribution in [0.1, 0.15) is 92.0 Å². The van der Waals surface area contributed by atoms with Crippen LogP contribution in [0.25, 0.3) is 44.4 Å². The molecule has 2 aliphatic heterocycles. The van der Waals surface area contributed by atoms with Crippen molar-refractivity contribution in [2.24, 2.45) is 11.8 Å². The molecule has 5 aromatic rings. The minimum absolute atomic E-state index is 0.154. The van der Waals surface area contributed by atoms with Crippen molar-refractivity contribution in [1.82, 2.24) is 24.8 Å². The number of likely N-dealkylation sites (tertiary alicyclic amines) is 2. The zero-order chi connectivity index (χ0) is 35.5. The van der Waals surface area contributed by atoms with E-state index in [1.807, 2.05) is 59.7 Å². The Bertz CT molecular complexity index is 1900. The first kappa shape index (κ1) is 33.6. The van der Waals surface area contributed by atoms with E-state index in [9.17, 15) is 9.59 Å². The van der Waals surface area contributed by atoms with E-state index in [4.69, 9.17) is 23.9 Å². The van der Waals surface area contributed by atoms with Crippen LogP contribution >= 0.6 is 0 Å². The Labute approximate surface area is 293 Å². The first-order valence-corrected chi connectivity index (χ1v) is 17.6. The fourth-order valence-electron chi connectivity index (χ4n) is 7.11. The van der Waals surface area contributed by atoms with Gasteiger partial charge in [0.25, 0.3) is 0 Å². The Balaban J connectivity index is 1.09. The number of hydrogen-bond donors (Lipinski definition) is 1. The van der Waals surface area contributed by atoms with Gasteiger partial charge in [0.1, 0.15) is 28.6 Å². The van der Waals surface area contributed by atoms with Gasteiger partial charge >= 0.3 is 12.2 Å². The molecule has 0 radical (unpaired) electrons. The summed E-state index contributed by atoms with van der Waals surface area (Å²) >= 11 is 0. The number of aromatic nitrogens is 3. The molecule has 50 heavy (non-hydrogen) atoms. The summed E-state index contributed by atoms with van der Waals surface area (Å²) in [7, 11) is 0. The number of fused-ring (bicyclic) bond motifs is 2. The number of amides is 2. The second kappa shape index (κ2) is 12.5. The van der Waals surface area contributed by atoms with E-state index in [1.165, 1.54) is 0 Å². The highest BCUT2D eigenvalue weighted by Crippen LogP contribution is 2.39. The Morgan fingerprint density at radius 2 is 1.22 bits per heavy atom. The first-order chi connectivity index (χ1) is 23.6. The van der Waals surface area contributed by atoms with E-state index in [0.29, 0.717) is 36.4 Å². The molecule has 2 saturated heterocycles. The van der Waals surface area contributed by atoms with Crippen LogP contribution in [0.5, 0.6) is 0 Å². The number of oxazole rings is 1. The average molecular weight is 678 g/mol. The maximum absolute atomic E-state index is 13.0. The van der Waals surface area contributed by atoms with Gasteiger partial charge in [0.15, 0.2) is 5.58 Å². The molecule has 2 fully saturated rings. The van der Waals surface area contributed by atoms with Gasteiger partial charge in [-0.15, -0.1) is 0 Å². The number of carbonyl (C=O) groups is 2. The van der Waals surface area contributed by atoms with Gasteiger partial charge < -0.3 is 18.9 Å². The van der Waals surface area contributed by atoms with Crippen molar-refractivity contribution in [2.45, 2.75) is 91.5 Å². The molecule has 2 unspecified atom stereocenters. The van der Waals surface area contributed by atoms with Crippen LogP contribution in [0, 0.1) is 11.8 Å². The largest absolute Gasteiger partial charge is 0.444 e. The lowest BCUT2D eigenvalue weighted by atomic mass is 10.00. The molecule has 1 N–H and O–H groups in total. The number of rotatable bonds is 4. The summed E-state index contributed by atoms with van der Waals surface area (Å²) in [6, 6.07) is 20.3. The molecule has 262 valence electrons. The van der Waals surface area contributed by atoms with Gasteiger partial charge in [-0.1, -0.05) is 50.2 Å². The summed E-state index contributed by atoms with van der Waals surface area (Å²) in [4.78, 5) is 42.8. The normalized spacial score (nSPS) is 21.4. The zero-order valence-corrected chi connectivity index (χ0v) is 30.2. The molecule has 0 aliphatic carbocycles. The summed E-state index contributed by atoms with van der Waals surface area (Å²) in [6.07, 6.45) is 0.967. The van der Waals surface area contributed by atoms with E-state index in [0.717, 1.165) is 57.5 Å². The third kappa shape index (κ3) is 6.93. The van der Waals surface area contributed by atoms with E-state index >= 15 is 0 Å². The van der Waals surface area contributed by atoms with Gasteiger partial charge in [0, 0.05) is 13.1 Å². The van der Waals surface area contributed by atoms with Crippen LogP contribution in [0.3, 0.4) is 0 Å². The molecular formula is C40H47N5O5. The van der Waals surface area contributed by atoms with Crippen molar-refractivity contribution in [3.8, 4) is 22.3 Å². The van der Waals surface area contributed by atoms with Crippen molar-refractivity contribution < 1.29 is 23.5 Å². The van der Waals surface area contributed by atoms with Gasteiger partial charge in [0.2, 0.25) is 5.89 Å². The van der Waals surface area contributed by atoms with Crippen molar-refractivity contribution in [1.29, 1.82) is 0 Å². The van der Waals surface area contributed by atoms with Crippen LogP contribution in [-0.2, 0) is 9.47 Å². The van der Waals surface area contributed by atoms with E-state index < -0.39 is 11.2 Å². The smallest absolute Gasteiger partial charge is 0.410 e. The number of imidazole rings is 1. The molecule has 7 rings (SSSR count). The third-order valence-electron chi connectivity index (χ3n) is 9.34. The Morgan fingerprint density at radius 3 is 1.82 bits per heavy atom. The summed E-state index contributed by atoms with van der Waals surface area (Å²) in [5.41, 5.74) is 6.32. The maximum Gasteiger partial charge on any atom is 0.410 e. The quantitative estimate of drug-likeness (QED) is 0.201. The number of H-pyrrole nitrogens is 1. The molecule has 3 aromatic carbocycles. The number of hydrogen-bond acceptors (Lipinski definition) is 7. The van der Waals surface area contributed by atoms with Crippen molar-refractivity contribution >= 4 is 34.3 Å². The second-order valence-corrected chi connectivity index (χ2v) is 16.1. The summed E-state index contributed by atoms with van der Waals surface area (Å²) in [5.74, 6) is 2.00. The predicted octanol–water partition coefficient (Wildman–Crippen LogP) is 9.67. The standard InChI is InChI=1S/C40H47N5O5/c1-23-17-32(44(21-23)37(46)49-39(3,4)5)35-41-29-15-13-27(19-31(29)42-35)25-9-11-26(12-10-25)28-14-16-30-34(20-28)48-36(43-30)33-18-24(2)22-45(33)38(47)50-40(6,7)8/h9-16,19-20,23-24,32-33H,17-18,21-22H2,1-8H3,(H,41,42)/t23-,24-,32?,33?/m0/s1. The molecule has 2 amide bonds. The average Bonchev–Trinajstić information content (AvgIpc) is 3.82. The molecule has 4 heterocycles.